The molecule has 0 saturated heterocycles. The van der Waals surface area contributed by atoms with E-state index >= 15 is 0 Å². The van der Waals surface area contributed by atoms with Crippen molar-refractivity contribution in [3.05, 3.63) is 21.9 Å². The molecule has 1 atom stereocenters. The first-order valence-corrected chi connectivity index (χ1v) is 5.02. The van der Waals surface area contributed by atoms with Gasteiger partial charge in [0.1, 0.15) is 4.88 Å². The number of hydrogen-bond acceptors (Lipinski definition) is 5. The summed E-state index contributed by atoms with van der Waals surface area (Å²) in [5.41, 5.74) is -0.0276. The normalized spacial score (nSPS) is 11.8. The highest BCUT2D eigenvalue weighted by Crippen LogP contribution is 2.26. The van der Waals surface area contributed by atoms with Crippen LogP contribution in [0.3, 0.4) is 0 Å². The highest BCUT2D eigenvalue weighted by molar-refractivity contribution is 7.12. The first-order chi connectivity index (χ1) is 7.43. The second-order valence-corrected chi connectivity index (χ2v) is 3.75. The van der Waals surface area contributed by atoms with Gasteiger partial charge in [-0.3, -0.25) is 4.79 Å². The summed E-state index contributed by atoms with van der Waals surface area (Å²) >= 11 is 0.876. The lowest BCUT2D eigenvalue weighted by Crippen LogP contribution is -2.19. The van der Waals surface area contributed by atoms with Gasteiger partial charge in [-0.15, -0.1) is 11.3 Å². The molecule has 1 aromatic heterocycles. The van der Waals surface area contributed by atoms with E-state index in [1.54, 1.807) is 0 Å². The molecule has 2 N–H and O–H groups in total. The number of aromatic carboxylic acids is 1. The molecule has 0 aliphatic heterocycles. The predicted molar refractivity (Wildman–Crippen MR) is 53.4 cm³/mol. The van der Waals surface area contributed by atoms with Gasteiger partial charge in [0.15, 0.2) is 0 Å². The Labute approximate surface area is 94.1 Å². The van der Waals surface area contributed by atoms with E-state index in [2.05, 4.69) is 4.74 Å². The number of ether oxygens (including phenoxy) is 1. The van der Waals surface area contributed by atoms with Crippen LogP contribution in [0.1, 0.15) is 28.3 Å². The third-order valence-corrected chi connectivity index (χ3v) is 2.60. The number of carboxylic acid groups (broad SMARTS) is 2. The van der Waals surface area contributed by atoms with E-state index in [-0.39, 0.29) is 10.4 Å². The van der Waals surface area contributed by atoms with E-state index in [0.717, 1.165) is 18.3 Å². The standard InChI is InChI=1S/C9H8O6S/c1-4(10)15-6(8(11)12)5-2-3-16-7(5)9(13)14/h2-3,6H,1H3,(H,11,12)(H,13,14). The van der Waals surface area contributed by atoms with Crippen LogP contribution in [0, 0.1) is 0 Å². The number of rotatable bonds is 4. The van der Waals surface area contributed by atoms with E-state index < -0.39 is 24.0 Å². The van der Waals surface area contributed by atoms with Crippen LogP contribution in [0.15, 0.2) is 11.4 Å². The van der Waals surface area contributed by atoms with Gasteiger partial charge in [0.2, 0.25) is 6.10 Å². The molecule has 16 heavy (non-hydrogen) atoms. The molecular weight excluding hydrogens is 236 g/mol. The number of thiophene rings is 1. The minimum absolute atomic E-state index is 0.0276. The molecule has 0 spiro atoms. The summed E-state index contributed by atoms with van der Waals surface area (Å²) in [7, 11) is 0. The number of carbonyl (C=O) groups is 3. The maximum atomic E-state index is 10.8. The van der Waals surface area contributed by atoms with Crippen LogP contribution in [-0.2, 0) is 14.3 Å². The number of carbonyl (C=O) groups excluding carboxylic acids is 1. The Morgan fingerprint density at radius 3 is 2.44 bits per heavy atom. The molecule has 0 aliphatic carbocycles. The zero-order chi connectivity index (χ0) is 12.3. The first kappa shape index (κ1) is 12.2. The molecule has 0 amide bonds. The third-order valence-electron chi connectivity index (χ3n) is 1.68. The first-order valence-electron chi connectivity index (χ1n) is 4.14. The zero-order valence-electron chi connectivity index (χ0n) is 8.17. The van der Waals surface area contributed by atoms with Crippen molar-refractivity contribution >= 4 is 29.2 Å². The smallest absolute Gasteiger partial charge is 0.349 e. The quantitative estimate of drug-likeness (QED) is 0.770. The van der Waals surface area contributed by atoms with Crippen molar-refractivity contribution < 1.29 is 29.3 Å². The molecule has 1 heterocycles. The van der Waals surface area contributed by atoms with Gasteiger partial charge in [-0.05, 0) is 11.4 Å². The predicted octanol–water partition coefficient (Wildman–Crippen LogP) is 1.14. The van der Waals surface area contributed by atoms with Crippen LogP contribution in [0.25, 0.3) is 0 Å². The molecule has 0 aromatic carbocycles. The van der Waals surface area contributed by atoms with Crippen molar-refractivity contribution in [2.45, 2.75) is 13.0 Å². The summed E-state index contributed by atoms with van der Waals surface area (Å²) < 4.78 is 4.55. The molecule has 6 nitrogen and oxygen atoms in total. The lowest BCUT2D eigenvalue weighted by atomic mass is 10.1. The Morgan fingerprint density at radius 2 is 2.00 bits per heavy atom. The summed E-state index contributed by atoms with van der Waals surface area (Å²) in [6.45, 7) is 1.06. The summed E-state index contributed by atoms with van der Waals surface area (Å²) in [4.78, 5) is 32.2. The molecule has 1 rings (SSSR count). The Bertz CT molecular complexity index is 435. The minimum Gasteiger partial charge on any atom is -0.478 e. The van der Waals surface area contributed by atoms with E-state index in [0.29, 0.717) is 0 Å². The van der Waals surface area contributed by atoms with Crippen molar-refractivity contribution in [3.8, 4) is 0 Å². The SMILES string of the molecule is CC(=O)OC(C(=O)O)c1ccsc1C(=O)O. The zero-order valence-corrected chi connectivity index (χ0v) is 8.98. The van der Waals surface area contributed by atoms with Crippen LogP contribution in [0.4, 0.5) is 0 Å². The van der Waals surface area contributed by atoms with Crippen LogP contribution >= 0.6 is 11.3 Å². The van der Waals surface area contributed by atoms with E-state index in [1.165, 1.54) is 11.4 Å². The van der Waals surface area contributed by atoms with Crippen LogP contribution < -0.4 is 0 Å². The van der Waals surface area contributed by atoms with Gasteiger partial charge < -0.3 is 14.9 Å². The number of esters is 1. The maximum Gasteiger partial charge on any atom is 0.349 e. The van der Waals surface area contributed by atoms with Gasteiger partial charge >= 0.3 is 17.9 Å². The third kappa shape index (κ3) is 2.57. The second-order valence-electron chi connectivity index (χ2n) is 2.84. The van der Waals surface area contributed by atoms with Crippen molar-refractivity contribution in [3.63, 3.8) is 0 Å². The van der Waals surface area contributed by atoms with E-state index in [9.17, 15) is 14.4 Å². The fourth-order valence-corrected chi connectivity index (χ4v) is 1.88. The fraction of sp³-hybridized carbons (Fsp3) is 0.222. The van der Waals surface area contributed by atoms with Crippen molar-refractivity contribution in [2.24, 2.45) is 0 Å². The topological polar surface area (TPSA) is 101 Å². The minimum atomic E-state index is -1.57. The average molecular weight is 244 g/mol. The van der Waals surface area contributed by atoms with Crippen molar-refractivity contribution in [2.75, 3.05) is 0 Å². The fourth-order valence-electron chi connectivity index (χ4n) is 1.11. The van der Waals surface area contributed by atoms with Gasteiger partial charge in [-0.25, -0.2) is 9.59 Å². The van der Waals surface area contributed by atoms with E-state index in [1.807, 2.05) is 0 Å². The largest absolute Gasteiger partial charge is 0.478 e. The molecule has 1 unspecified atom stereocenters. The molecule has 0 fully saturated rings. The lowest BCUT2D eigenvalue weighted by molar-refractivity contribution is -0.163. The highest BCUT2D eigenvalue weighted by atomic mass is 32.1. The number of carboxylic acids is 2. The molecule has 0 radical (unpaired) electrons. The summed E-state index contributed by atoms with van der Waals surface area (Å²) in [5.74, 6) is -3.44. The Morgan fingerprint density at radius 1 is 1.38 bits per heavy atom. The lowest BCUT2D eigenvalue weighted by Gasteiger charge is -2.11. The molecule has 0 saturated carbocycles. The van der Waals surface area contributed by atoms with Crippen LogP contribution in [-0.4, -0.2) is 28.1 Å². The van der Waals surface area contributed by atoms with Crippen LogP contribution in [0.2, 0.25) is 0 Å². The molecule has 0 aliphatic rings. The Balaban J connectivity index is 3.10. The summed E-state index contributed by atoms with van der Waals surface area (Å²) in [5, 5.41) is 19.1. The number of aliphatic carboxylic acids is 1. The molecule has 86 valence electrons. The van der Waals surface area contributed by atoms with E-state index in [4.69, 9.17) is 10.2 Å². The molecular formula is C9H8O6S. The summed E-state index contributed by atoms with van der Waals surface area (Å²) in [6, 6.07) is 1.32. The second kappa shape index (κ2) is 4.75. The van der Waals surface area contributed by atoms with Gasteiger partial charge in [0.25, 0.3) is 0 Å². The highest BCUT2D eigenvalue weighted by Gasteiger charge is 2.28. The van der Waals surface area contributed by atoms with Crippen molar-refractivity contribution in [1.29, 1.82) is 0 Å². The van der Waals surface area contributed by atoms with Gasteiger partial charge in [-0.2, -0.15) is 0 Å². The van der Waals surface area contributed by atoms with Crippen molar-refractivity contribution in [1.82, 2.24) is 0 Å². The molecule has 0 bridgehead atoms. The maximum absolute atomic E-state index is 10.8. The van der Waals surface area contributed by atoms with Crippen LogP contribution in [0.5, 0.6) is 0 Å². The van der Waals surface area contributed by atoms with Gasteiger partial charge in [0, 0.05) is 12.5 Å². The molecule has 1 aromatic rings. The molecule has 7 heteroatoms. The average Bonchev–Trinajstić information content (AvgIpc) is 2.61. The number of hydrogen-bond donors (Lipinski definition) is 2. The van der Waals surface area contributed by atoms with Gasteiger partial charge in [-0.1, -0.05) is 0 Å². The van der Waals surface area contributed by atoms with Gasteiger partial charge in [0.05, 0.1) is 0 Å². The Kier molecular flexibility index (Phi) is 3.62. The monoisotopic (exact) mass is 244 g/mol. The summed E-state index contributed by atoms with van der Waals surface area (Å²) in [6.07, 6.45) is -1.57. The Hall–Kier alpha value is -1.89.